The third kappa shape index (κ3) is 5.06. The number of hydrazone groups is 1. The quantitative estimate of drug-likeness (QED) is 0.480. The van der Waals surface area contributed by atoms with E-state index in [0.29, 0.717) is 5.56 Å². The third-order valence-electron chi connectivity index (χ3n) is 3.22. The highest BCUT2D eigenvalue weighted by Gasteiger charge is 2.30. The molecule has 2 aromatic carbocycles. The van der Waals surface area contributed by atoms with E-state index in [-0.39, 0.29) is 5.11 Å². The van der Waals surface area contributed by atoms with Crippen LogP contribution in [0.3, 0.4) is 0 Å². The number of aryl methyl sites for hydroxylation is 2. The van der Waals surface area contributed by atoms with Crippen molar-refractivity contribution < 1.29 is 13.2 Å². The van der Waals surface area contributed by atoms with Crippen LogP contribution in [0.15, 0.2) is 47.6 Å². The summed E-state index contributed by atoms with van der Waals surface area (Å²) < 4.78 is 37.9. The van der Waals surface area contributed by atoms with E-state index in [9.17, 15) is 13.2 Å². The summed E-state index contributed by atoms with van der Waals surface area (Å²) in [4.78, 5) is 0. The van der Waals surface area contributed by atoms with E-state index in [1.165, 1.54) is 18.3 Å². The predicted octanol–water partition coefficient (Wildman–Crippen LogP) is 4.64. The van der Waals surface area contributed by atoms with Crippen LogP contribution in [0.1, 0.15) is 22.3 Å². The summed E-state index contributed by atoms with van der Waals surface area (Å²) in [5, 5.41) is 7.10. The smallest absolute Gasteiger partial charge is 0.331 e. The van der Waals surface area contributed by atoms with Crippen LogP contribution in [0, 0.1) is 13.8 Å². The Labute approximate surface area is 143 Å². The number of hydrogen-bond acceptors (Lipinski definition) is 2. The van der Waals surface area contributed by atoms with Crippen LogP contribution < -0.4 is 10.7 Å². The molecule has 0 saturated heterocycles. The molecule has 126 valence electrons. The minimum atomic E-state index is -4.38. The second-order valence-corrected chi connectivity index (χ2v) is 5.67. The number of thiocarbonyl (C=S) groups is 1. The van der Waals surface area contributed by atoms with E-state index in [0.717, 1.165) is 28.9 Å². The van der Waals surface area contributed by atoms with Crippen molar-refractivity contribution in [1.82, 2.24) is 5.43 Å². The van der Waals surface area contributed by atoms with E-state index in [1.807, 2.05) is 32.0 Å². The van der Waals surface area contributed by atoms with Crippen molar-refractivity contribution >= 4 is 29.2 Å². The summed E-state index contributed by atoms with van der Waals surface area (Å²) in [7, 11) is 0. The number of halogens is 3. The molecule has 0 bridgehead atoms. The number of alkyl halides is 3. The summed E-state index contributed by atoms with van der Waals surface area (Å²) in [5.41, 5.74) is 5.20. The van der Waals surface area contributed by atoms with Crippen molar-refractivity contribution in [1.29, 1.82) is 0 Å². The second kappa shape index (κ2) is 7.44. The maximum Gasteiger partial charge on any atom is 0.416 e. The molecule has 0 radical (unpaired) electrons. The van der Waals surface area contributed by atoms with Crippen LogP contribution in [0.5, 0.6) is 0 Å². The summed E-state index contributed by atoms with van der Waals surface area (Å²) >= 11 is 5.11. The minimum Gasteiger partial charge on any atom is -0.331 e. The topological polar surface area (TPSA) is 36.4 Å². The Morgan fingerprint density at radius 2 is 1.88 bits per heavy atom. The molecule has 0 saturated carbocycles. The van der Waals surface area contributed by atoms with Gasteiger partial charge in [0, 0.05) is 5.69 Å². The van der Waals surface area contributed by atoms with Gasteiger partial charge >= 0.3 is 6.18 Å². The monoisotopic (exact) mass is 351 g/mol. The molecule has 2 N–H and O–H groups in total. The van der Waals surface area contributed by atoms with Crippen molar-refractivity contribution in [3.63, 3.8) is 0 Å². The van der Waals surface area contributed by atoms with Gasteiger partial charge < -0.3 is 5.32 Å². The van der Waals surface area contributed by atoms with Crippen LogP contribution in [-0.2, 0) is 6.18 Å². The van der Waals surface area contributed by atoms with Crippen LogP contribution >= 0.6 is 12.2 Å². The molecule has 0 atom stereocenters. The summed E-state index contributed by atoms with van der Waals surface area (Å²) in [6.45, 7) is 3.94. The molecule has 0 spiro atoms. The molecule has 0 amide bonds. The first-order valence-electron chi connectivity index (χ1n) is 7.10. The molecule has 0 aliphatic heterocycles. The largest absolute Gasteiger partial charge is 0.416 e. The molecule has 0 fully saturated rings. The van der Waals surface area contributed by atoms with E-state index in [2.05, 4.69) is 15.8 Å². The van der Waals surface area contributed by atoms with Crippen LogP contribution in [0.4, 0.5) is 18.9 Å². The van der Waals surface area contributed by atoms with Gasteiger partial charge in [0.2, 0.25) is 0 Å². The van der Waals surface area contributed by atoms with Gasteiger partial charge in [0.1, 0.15) is 0 Å². The fourth-order valence-corrected chi connectivity index (χ4v) is 2.23. The number of anilines is 1. The molecule has 24 heavy (non-hydrogen) atoms. The maximum atomic E-state index is 12.6. The molecule has 2 aromatic rings. The predicted molar refractivity (Wildman–Crippen MR) is 94.3 cm³/mol. The van der Waals surface area contributed by atoms with E-state index in [4.69, 9.17) is 12.2 Å². The van der Waals surface area contributed by atoms with Gasteiger partial charge in [0.05, 0.1) is 11.8 Å². The molecule has 3 nitrogen and oxygen atoms in total. The molecule has 0 aromatic heterocycles. The zero-order chi connectivity index (χ0) is 17.7. The van der Waals surface area contributed by atoms with Crippen LogP contribution in [-0.4, -0.2) is 11.3 Å². The van der Waals surface area contributed by atoms with Gasteiger partial charge in [-0.3, -0.25) is 5.43 Å². The van der Waals surface area contributed by atoms with Crippen molar-refractivity contribution in [3.05, 3.63) is 64.7 Å². The maximum absolute atomic E-state index is 12.6. The number of hydrogen-bond donors (Lipinski definition) is 2. The van der Waals surface area contributed by atoms with E-state index >= 15 is 0 Å². The first-order chi connectivity index (χ1) is 11.3. The highest BCUT2D eigenvalue weighted by Crippen LogP contribution is 2.29. The van der Waals surface area contributed by atoms with E-state index < -0.39 is 11.7 Å². The van der Waals surface area contributed by atoms with Crippen LogP contribution in [0.2, 0.25) is 0 Å². The van der Waals surface area contributed by atoms with Crippen molar-refractivity contribution in [2.75, 3.05) is 5.32 Å². The highest BCUT2D eigenvalue weighted by molar-refractivity contribution is 7.80. The van der Waals surface area contributed by atoms with Gasteiger partial charge in [-0.25, -0.2) is 0 Å². The standard InChI is InChI=1S/C17H16F3N3S/c1-11-6-7-15(12(2)8-11)22-16(24)23-21-10-13-4-3-5-14(9-13)17(18,19)20/h3-10H,1-2H3,(H2,22,23,24). The zero-order valence-electron chi connectivity index (χ0n) is 13.1. The van der Waals surface area contributed by atoms with Gasteiger partial charge in [-0.1, -0.05) is 29.8 Å². The lowest BCUT2D eigenvalue weighted by Gasteiger charge is -2.10. The minimum absolute atomic E-state index is 0.255. The fraction of sp³-hybridized carbons (Fsp3) is 0.176. The Balaban J connectivity index is 1.97. The molecular weight excluding hydrogens is 335 g/mol. The first-order valence-corrected chi connectivity index (χ1v) is 7.51. The molecule has 0 aliphatic rings. The normalized spacial score (nSPS) is 11.5. The molecule has 0 aliphatic carbocycles. The lowest BCUT2D eigenvalue weighted by atomic mass is 10.1. The summed E-state index contributed by atoms with van der Waals surface area (Å²) in [6, 6.07) is 10.7. The summed E-state index contributed by atoms with van der Waals surface area (Å²) in [6.07, 6.45) is -3.09. The van der Waals surface area contributed by atoms with Crippen molar-refractivity contribution in [2.45, 2.75) is 20.0 Å². The van der Waals surface area contributed by atoms with Crippen molar-refractivity contribution in [2.24, 2.45) is 5.10 Å². The lowest BCUT2D eigenvalue weighted by molar-refractivity contribution is -0.137. The molecule has 2 rings (SSSR count). The SMILES string of the molecule is Cc1ccc(NC(=S)NN=Cc2cccc(C(F)(F)F)c2)c(C)c1. The average Bonchev–Trinajstić information content (AvgIpc) is 2.50. The lowest BCUT2D eigenvalue weighted by Crippen LogP contribution is -2.24. The number of nitrogens with zero attached hydrogens (tertiary/aromatic N) is 1. The Bertz CT molecular complexity index is 770. The van der Waals surface area contributed by atoms with E-state index in [1.54, 1.807) is 0 Å². The Morgan fingerprint density at radius 3 is 2.54 bits per heavy atom. The van der Waals surface area contributed by atoms with Gasteiger partial charge in [-0.05, 0) is 55.4 Å². The number of benzene rings is 2. The average molecular weight is 351 g/mol. The molecule has 0 heterocycles. The first kappa shape index (κ1) is 17.9. The second-order valence-electron chi connectivity index (χ2n) is 5.27. The highest BCUT2D eigenvalue weighted by atomic mass is 32.1. The van der Waals surface area contributed by atoms with Gasteiger partial charge in [0.15, 0.2) is 5.11 Å². The Hall–Kier alpha value is -2.41. The molecular formula is C17H16F3N3S. The van der Waals surface area contributed by atoms with Gasteiger partial charge in [-0.2, -0.15) is 18.3 Å². The summed E-state index contributed by atoms with van der Waals surface area (Å²) in [5.74, 6) is 0. The zero-order valence-corrected chi connectivity index (χ0v) is 13.9. The Kier molecular flexibility index (Phi) is 5.56. The number of rotatable bonds is 3. The molecule has 0 unspecified atom stereocenters. The Morgan fingerprint density at radius 1 is 1.12 bits per heavy atom. The van der Waals surface area contributed by atoms with Crippen molar-refractivity contribution in [3.8, 4) is 0 Å². The molecule has 7 heteroatoms. The van der Waals surface area contributed by atoms with Gasteiger partial charge in [0.25, 0.3) is 0 Å². The fourth-order valence-electron chi connectivity index (χ4n) is 2.06. The van der Waals surface area contributed by atoms with Crippen LogP contribution in [0.25, 0.3) is 0 Å². The third-order valence-corrected chi connectivity index (χ3v) is 3.42. The number of nitrogens with one attached hydrogen (secondary N) is 2. The van der Waals surface area contributed by atoms with Gasteiger partial charge in [-0.15, -0.1) is 0 Å².